The van der Waals surface area contributed by atoms with E-state index in [1.165, 1.54) is 0 Å². The first-order chi connectivity index (χ1) is 12.9. The van der Waals surface area contributed by atoms with Crippen molar-refractivity contribution < 1.29 is 24.1 Å². The smallest absolute Gasteiger partial charge is 0.175 e. The Morgan fingerprint density at radius 3 is 2.67 bits per heavy atom. The summed E-state index contributed by atoms with van der Waals surface area (Å²) in [6, 6.07) is -0.259. The van der Waals surface area contributed by atoms with Crippen molar-refractivity contribution in [3.05, 3.63) is 5.21 Å². The molecule has 0 aromatic carbocycles. The maximum absolute atomic E-state index is 13.6. The molecule has 1 N–H and O–H groups in total. The zero-order valence-corrected chi connectivity index (χ0v) is 16.8. The minimum absolute atomic E-state index is 0.124. The van der Waals surface area contributed by atoms with E-state index in [1.54, 1.807) is 14.2 Å². The summed E-state index contributed by atoms with van der Waals surface area (Å²) in [5, 5.41) is 24.2. The topological polar surface area (TPSA) is 91.3 Å². The van der Waals surface area contributed by atoms with Crippen LogP contribution in [0.1, 0.15) is 32.6 Å². The molecule has 154 valence electrons. The number of methoxy groups -OCH3 is 2. The quantitative estimate of drug-likeness (QED) is 0.696. The Morgan fingerprint density at radius 1 is 1.30 bits per heavy atom. The predicted octanol–water partition coefficient (Wildman–Crippen LogP) is 1.33. The minimum Gasteiger partial charge on any atom is -0.785 e. The lowest BCUT2D eigenvalue weighted by Gasteiger charge is -2.56. The van der Waals surface area contributed by atoms with E-state index in [0.717, 1.165) is 17.9 Å². The number of ether oxygens (including phenoxy) is 3. The number of aliphatic hydroxyl groups excluding tert-OH is 1. The molecule has 4 rings (SSSR count). The summed E-state index contributed by atoms with van der Waals surface area (Å²) >= 11 is 6.63. The molecule has 0 aromatic heterocycles. The van der Waals surface area contributed by atoms with Crippen LogP contribution in [0, 0.1) is 23.0 Å². The Kier molecular flexibility index (Phi) is 5.34. The molecule has 0 radical (unpaired) electrons. The largest absolute Gasteiger partial charge is 0.785 e. The lowest BCUT2D eigenvalue weighted by atomic mass is 9.61. The highest BCUT2D eigenvalue weighted by Gasteiger charge is 2.69. The van der Waals surface area contributed by atoms with Crippen molar-refractivity contribution in [2.45, 2.75) is 74.0 Å². The Labute approximate surface area is 164 Å². The number of fused-ring (bicyclic) bond motifs is 2. The molecular weight excluding hydrogens is 374 g/mol. The van der Waals surface area contributed by atoms with Crippen LogP contribution in [0.15, 0.2) is 0 Å². The second kappa shape index (κ2) is 7.20. The summed E-state index contributed by atoms with van der Waals surface area (Å²) in [5.41, 5.74) is -1.32. The van der Waals surface area contributed by atoms with Gasteiger partial charge in [0.2, 0.25) is 0 Å². The van der Waals surface area contributed by atoms with E-state index in [4.69, 9.17) is 25.8 Å². The highest BCUT2D eigenvalue weighted by Crippen LogP contribution is 2.54. The van der Waals surface area contributed by atoms with E-state index in [0.29, 0.717) is 19.4 Å². The van der Waals surface area contributed by atoms with E-state index < -0.39 is 29.1 Å². The molecule has 2 aliphatic heterocycles. The second-order valence-electron chi connectivity index (χ2n) is 8.59. The molecule has 2 saturated carbocycles. The molecule has 2 saturated heterocycles. The Hall–Kier alpha value is -0.280. The Morgan fingerprint density at radius 2 is 2.00 bits per heavy atom. The van der Waals surface area contributed by atoms with Gasteiger partial charge in [0, 0.05) is 32.6 Å². The SMILES string of the molecule is COC1CC(OC)C2C(=O)[C@@]3(OC2C1Cl)C(O)C1CCCN([O-])C1C[C@H]3C. The van der Waals surface area contributed by atoms with Crippen molar-refractivity contribution in [2.24, 2.45) is 17.8 Å². The van der Waals surface area contributed by atoms with E-state index in [2.05, 4.69) is 0 Å². The molecule has 4 aliphatic rings. The van der Waals surface area contributed by atoms with E-state index >= 15 is 0 Å². The normalized spacial score (nSPS) is 53.4. The fourth-order valence-corrected chi connectivity index (χ4v) is 6.45. The third kappa shape index (κ3) is 2.74. The van der Waals surface area contributed by atoms with E-state index in [9.17, 15) is 15.1 Å². The maximum atomic E-state index is 13.6. The van der Waals surface area contributed by atoms with Gasteiger partial charge in [0.05, 0.1) is 35.7 Å². The highest BCUT2D eigenvalue weighted by atomic mass is 35.5. The highest BCUT2D eigenvalue weighted by molar-refractivity contribution is 6.22. The van der Waals surface area contributed by atoms with Gasteiger partial charge in [-0.15, -0.1) is 11.6 Å². The number of aliphatic hydroxyl groups is 1. The van der Waals surface area contributed by atoms with E-state index in [1.807, 2.05) is 6.92 Å². The summed E-state index contributed by atoms with van der Waals surface area (Å²) in [7, 11) is 3.17. The second-order valence-corrected chi connectivity index (χ2v) is 9.09. The van der Waals surface area contributed by atoms with Crippen molar-refractivity contribution in [1.29, 1.82) is 0 Å². The Bertz CT molecular complexity index is 593. The monoisotopic (exact) mass is 402 g/mol. The number of carbonyl (C=O) groups excluding carboxylic acids is 1. The van der Waals surface area contributed by atoms with Crippen LogP contribution < -0.4 is 0 Å². The van der Waals surface area contributed by atoms with Crippen molar-refractivity contribution in [2.75, 3.05) is 20.8 Å². The van der Waals surface area contributed by atoms with Gasteiger partial charge >= 0.3 is 0 Å². The molecule has 0 amide bonds. The summed E-state index contributed by atoms with van der Waals surface area (Å²) in [6.45, 7) is 2.38. The van der Waals surface area contributed by atoms with Gasteiger partial charge < -0.3 is 29.6 Å². The first-order valence-corrected chi connectivity index (χ1v) is 10.3. The Balaban J connectivity index is 1.70. The van der Waals surface area contributed by atoms with Crippen LogP contribution in [0.4, 0.5) is 0 Å². The molecule has 8 unspecified atom stereocenters. The third-order valence-electron chi connectivity index (χ3n) is 7.46. The third-order valence-corrected chi connectivity index (χ3v) is 7.99. The zero-order valence-electron chi connectivity index (χ0n) is 16.0. The molecule has 10 atom stereocenters. The summed E-state index contributed by atoms with van der Waals surface area (Å²) in [5.74, 6) is -1.18. The molecule has 7 nitrogen and oxygen atoms in total. The first kappa shape index (κ1) is 20.0. The fourth-order valence-electron chi connectivity index (χ4n) is 6.03. The average molecular weight is 403 g/mol. The van der Waals surface area contributed by atoms with Crippen LogP contribution in [0.2, 0.25) is 0 Å². The van der Waals surface area contributed by atoms with Crippen LogP contribution in [0.5, 0.6) is 0 Å². The number of halogens is 1. The standard InChI is InChI=1S/C19H29ClNO6/c1-9-7-11-10(5-4-6-21(11)24)17(22)19(9)18(23)14-12(25-2)8-13(26-3)15(20)16(14)27-19/h9-17,22H,4-8H2,1-3H3/q-1/t9-,10?,11?,12?,13?,14?,15?,16?,17?,19+/m1/s1. The minimum atomic E-state index is -1.32. The molecule has 1 spiro atoms. The van der Waals surface area contributed by atoms with Crippen molar-refractivity contribution >= 4 is 17.4 Å². The number of hydrogen-bond acceptors (Lipinski definition) is 7. The predicted molar refractivity (Wildman–Crippen MR) is 98.3 cm³/mol. The lowest BCUT2D eigenvalue weighted by molar-refractivity contribution is -0.204. The summed E-state index contributed by atoms with van der Waals surface area (Å²) < 4.78 is 17.5. The van der Waals surface area contributed by atoms with E-state index in [-0.39, 0.29) is 35.9 Å². The molecule has 27 heavy (non-hydrogen) atoms. The fraction of sp³-hybridized carbons (Fsp3) is 0.947. The van der Waals surface area contributed by atoms with Gasteiger partial charge in [-0.3, -0.25) is 4.79 Å². The van der Waals surface area contributed by atoms with Gasteiger partial charge in [-0.1, -0.05) is 6.92 Å². The van der Waals surface area contributed by atoms with Gasteiger partial charge in [0.15, 0.2) is 11.4 Å². The number of ketones is 1. The summed E-state index contributed by atoms with van der Waals surface area (Å²) in [6.07, 6.45) is 0.277. The average Bonchev–Trinajstić information content (AvgIpc) is 2.97. The maximum Gasteiger partial charge on any atom is 0.175 e. The number of rotatable bonds is 2. The molecular formula is C19H29ClNO6-. The van der Waals surface area contributed by atoms with Crippen molar-refractivity contribution in [3.63, 3.8) is 0 Å². The van der Waals surface area contributed by atoms with Crippen LogP contribution in [0.25, 0.3) is 0 Å². The molecule has 0 aromatic rings. The van der Waals surface area contributed by atoms with Crippen LogP contribution >= 0.6 is 11.6 Å². The number of nitrogens with zero attached hydrogens (tertiary/aromatic N) is 1. The number of Topliss-reactive ketones (excluding diaryl/α,β-unsaturated/α-hetero) is 1. The van der Waals surface area contributed by atoms with Crippen molar-refractivity contribution in [3.8, 4) is 0 Å². The van der Waals surface area contributed by atoms with Crippen molar-refractivity contribution in [1.82, 2.24) is 5.06 Å². The summed E-state index contributed by atoms with van der Waals surface area (Å²) in [4.78, 5) is 13.6. The molecule has 2 heterocycles. The zero-order chi connectivity index (χ0) is 19.5. The number of alkyl halides is 1. The number of carbonyl (C=O) groups is 1. The number of piperidine rings is 1. The van der Waals surface area contributed by atoms with Gasteiger partial charge in [-0.25, -0.2) is 0 Å². The number of hydrogen-bond donors (Lipinski definition) is 1. The molecule has 0 bridgehead atoms. The van der Waals surface area contributed by atoms with Gasteiger partial charge in [0.25, 0.3) is 0 Å². The van der Waals surface area contributed by atoms with Gasteiger partial charge in [-0.05, 0) is 31.7 Å². The van der Waals surface area contributed by atoms with Crippen LogP contribution in [0.3, 0.4) is 0 Å². The molecule has 2 aliphatic carbocycles. The number of hydroxylamine groups is 2. The van der Waals surface area contributed by atoms with Crippen LogP contribution in [-0.4, -0.2) is 78.2 Å². The van der Waals surface area contributed by atoms with Crippen LogP contribution in [-0.2, 0) is 19.0 Å². The molecule has 8 heteroatoms. The lowest BCUT2D eigenvalue weighted by Crippen LogP contribution is -2.66. The first-order valence-electron chi connectivity index (χ1n) is 9.90. The van der Waals surface area contributed by atoms with Gasteiger partial charge in [0.1, 0.15) is 0 Å². The molecule has 4 fully saturated rings. The van der Waals surface area contributed by atoms with Gasteiger partial charge in [-0.2, -0.15) is 0 Å².